The molecule has 1 spiro atoms. The van der Waals surface area contributed by atoms with E-state index in [0.717, 1.165) is 45.6 Å². The Morgan fingerprint density at radius 2 is 2.10 bits per heavy atom. The van der Waals surface area contributed by atoms with Crippen molar-refractivity contribution in [2.24, 2.45) is 11.3 Å². The van der Waals surface area contributed by atoms with Gasteiger partial charge in [0.25, 0.3) is 0 Å². The first-order valence-corrected chi connectivity index (χ1v) is 8.51. The van der Waals surface area contributed by atoms with E-state index in [4.69, 9.17) is 0 Å². The summed E-state index contributed by atoms with van der Waals surface area (Å²) in [6.45, 7) is 9.48. The van der Waals surface area contributed by atoms with E-state index in [1.54, 1.807) is 0 Å². The summed E-state index contributed by atoms with van der Waals surface area (Å²) >= 11 is 1.83. The molecule has 110 valence electrons. The summed E-state index contributed by atoms with van der Waals surface area (Å²) in [6, 6.07) is 4.32. The van der Waals surface area contributed by atoms with Gasteiger partial charge in [0.15, 0.2) is 0 Å². The van der Waals surface area contributed by atoms with E-state index in [2.05, 4.69) is 41.2 Å². The minimum Gasteiger partial charge on any atom is -0.341 e. The Morgan fingerprint density at radius 1 is 1.35 bits per heavy atom. The number of rotatable bonds is 4. The van der Waals surface area contributed by atoms with E-state index >= 15 is 0 Å². The summed E-state index contributed by atoms with van der Waals surface area (Å²) in [7, 11) is 0. The van der Waals surface area contributed by atoms with Crippen LogP contribution in [0.25, 0.3) is 0 Å². The van der Waals surface area contributed by atoms with Crippen LogP contribution in [0.5, 0.6) is 0 Å². The van der Waals surface area contributed by atoms with Crippen LogP contribution in [0, 0.1) is 11.3 Å². The fourth-order valence-corrected chi connectivity index (χ4v) is 4.22. The molecule has 20 heavy (non-hydrogen) atoms. The summed E-state index contributed by atoms with van der Waals surface area (Å²) in [5.41, 5.74) is 0.000833. The lowest BCUT2D eigenvalue weighted by atomic mass is 9.71. The number of carbonyl (C=O) groups excluding carboxylic acids is 1. The van der Waals surface area contributed by atoms with Gasteiger partial charge in [0, 0.05) is 24.5 Å². The van der Waals surface area contributed by atoms with Gasteiger partial charge in [-0.3, -0.25) is 9.69 Å². The van der Waals surface area contributed by atoms with Gasteiger partial charge in [0.1, 0.15) is 0 Å². The topological polar surface area (TPSA) is 23.6 Å². The highest BCUT2D eigenvalue weighted by Crippen LogP contribution is 2.42. The molecular formula is C16H24N2OS. The van der Waals surface area contributed by atoms with Crippen LogP contribution in [-0.2, 0) is 11.3 Å². The first-order valence-electron chi connectivity index (χ1n) is 7.63. The molecule has 3 heterocycles. The Balaban J connectivity index is 1.51. The third kappa shape index (κ3) is 2.63. The van der Waals surface area contributed by atoms with Crippen LogP contribution >= 0.6 is 11.3 Å². The third-order valence-corrected chi connectivity index (χ3v) is 5.45. The lowest BCUT2D eigenvalue weighted by molar-refractivity contribution is -0.166. The van der Waals surface area contributed by atoms with E-state index in [9.17, 15) is 4.79 Å². The molecule has 4 heteroatoms. The molecule has 1 aromatic heterocycles. The average Bonchev–Trinajstić information content (AvgIpc) is 2.92. The van der Waals surface area contributed by atoms with Crippen LogP contribution in [-0.4, -0.2) is 41.9 Å². The number of nitrogens with zero attached hydrogens (tertiary/aromatic N) is 2. The monoisotopic (exact) mass is 292 g/mol. The molecule has 0 aromatic carbocycles. The highest BCUT2D eigenvalue weighted by atomic mass is 32.1. The molecule has 0 N–H and O–H groups in total. The van der Waals surface area contributed by atoms with E-state index < -0.39 is 0 Å². The first kappa shape index (κ1) is 14.1. The Labute approximate surface area is 125 Å². The normalized spacial score (nSPS) is 22.6. The number of thiophene rings is 1. The molecule has 0 aliphatic carbocycles. The summed E-state index contributed by atoms with van der Waals surface area (Å²) in [5.74, 6) is 0.997. The van der Waals surface area contributed by atoms with Crippen molar-refractivity contribution in [3.8, 4) is 0 Å². The molecule has 2 fully saturated rings. The number of hydrogen-bond donors (Lipinski definition) is 0. The minimum absolute atomic E-state index is 0.000833. The molecule has 2 saturated heterocycles. The summed E-state index contributed by atoms with van der Waals surface area (Å²) < 4.78 is 0. The second kappa shape index (κ2) is 5.49. The van der Waals surface area contributed by atoms with Gasteiger partial charge in [-0.2, -0.15) is 0 Å². The van der Waals surface area contributed by atoms with Crippen molar-refractivity contribution in [2.75, 3.05) is 26.2 Å². The fourth-order valence-electron chi connectivity index (χ4n) is 3.47. The van der Waals surface area contributed by atoms with Crippen LogP contribution < -0.4 is 0 Å². The van der Waals surface area contributed by atoms with E-state index in [0.29, 0.717) is 11.8 Å². The third-order valence-electron chi connectivity index (χ3n) is 4.59. The zero-order valence-corrected chi connectivity index (χ0v) is 13.3. The molecular weight excluding hydrogens is 268 g/mol. The lowest BCUT2D eigenvalue weighted by Crippen LogP contribution is -2.65. The highest BCUT2D eigenvalue weighted by Gasteiger charge is 2.52. The van der Waals surface area contributed by atoms with Gasteiger partial charge >= 0.3 is 0 Å². The molecule has 3 nitrogen and oxygen atoms in total. The number of piperidine rings is 1. The highest BCUT2D eigenvalue weighted by molar-refractivity contribution is 7.09. The van der Waals surface area contributed by atoms with Crippen molar-refractivity contribution < 1.29 is 4.79 Å². The molecule has 2 aliphatic rings. The van der Waals surface area contributed by atoms with E-state index in [1.807, 2.05) is 11.3 Å². The largest absolute Gasteiger partial charge is 0.341 e. The quantitative estimate of drug-likeness (QED) is 0.797. The summed E-state index contributed by atoms with van der Waals surface area (Å²) in [5, 5.41) is 2.14. The van der Waals surface area contributed by atoms with Gasteiger partial charge in [-0.1, -0.05) is 19.9 Å². The first-order chi connectivity index (χ1) is 9.59. The maximum atomic E-state index is 12.4. The molecule has 1 aromatic rings. The second-order valence-electron chi connectivity index (χ2n) is 6.72. The lowest BCUT2D eigenvalue weighted by Gasteiger charge is -2.53. The second-order valence-corrected chi connectivity index (χ2v) is 7.75. The predicted molar refractivity (Wildman–Crippen MR) is 82.7 cm³/mol. The van der Waals surface area contributed by atoms with Crippen molar-refractivity contribution >= 4 is 17.2 Å². The molecule has 0 radical (unpaired) electrons. The maximum Gasteiger partial charge on any atom is 0.230 e. The van der Waals surface area contributed by atoms with Gasteiger partial charge in [0.2, 0.25) is 5.91 Å². The molecule has 0 bridgehead atoms. The van der Waals surface area contributed by atoms with Gasteiger partial charge in [0.05, 0.1) is 5.41 Å². The number of carbonyl (C=O) groups is 1. The Kier molecular flexibility index (Phi) is 3.87. The SMILES string of the molecule is CC(C)CN1CC2(CCN(Cc3cccs3)CC2)C1=O. The zero-order valence-electron chi connectivity index (χ0n) is 12.5. The van der Waals surface area contributed by atoms with Crippen LogP contribution in [0.2, 0.25) is 0 Å². The summed E-state index contributed by atoms with van der Waals surface area (Å²) in [6.07, 6.45) is 2.09. The molecule has 0 saturated carbocycles. The number of likely N-dealkylation sites (tertiary alicyclic amines) is 2. The minimum atomic E-state index is 0.000833. The van der Waals surface area contributed by atoms with E-state index in [1.165, 1.54) is 4.88 Å². The Bertz CT molecular complexity index is 461. The van der Waals surface area contributed by atoms with Gasteiger partial charge in [-0.15, -0.1) is 11.3 Å². The fraction of sp³-hybridized carbons (Fsp3) is 0.688. The van der Waals surface area contributed by atoms with Gasteiger partial charge in [-0.05, 0) is 43.3 Å². The van der Waals surface area contributed by atoms with Gasteiger partial charge < -0.3 is 4.90 Å². The Hall–Kier alpha value is -0.870. The number of β-lactam (4-membered cyclic amide) rings is 1. The van der Waals surface area contributed by atoms with Crippen LogP contribution in [0.3, 0.4) is 0 Å². The molecule has 0 unspecified atom stereocenters. The molecule has 3 rings (SSSR count). The van der Waals surface area contributed by atoms with Crippen LogP contribution in [0.1, 0.15) is 31.6 Å². The predicted octanol–water partition coefficient (Wildman–Crippen LogP) is 2.83. The van der Waals surface area contributed by atoms with Crippen molar-refractivity contribution in [1.29, 1.82) is 0 Å². The summed E-state index contributed by atoms with van der Waals surface area (Å²) in [4.78, 5) is 18.4. The van der Waals surface area contributed by atoms with Crippen molar-refractivity contribution in [2.45, 2.75) is 33.2 Å². The number of hydrogen-bond acceptors (Lipinski definition) is 3. The number of amides is 1. The zero-order chi connectivity index (χ0) is 14.2. The van der Waals surface area contributed by atoms with Crippen molar-refractivity contribution in [3.63, 3.8) is 0 Å². The van der Waals surface area contributed by atoms with Crippen LogP contribution in [0.4, 0.5) is 0 Å². The average molecular weight is 292 g/mol. The Morgan fingerprint density at radius 3 is 2.65 bits per heavy atom. The van der Waals surface area contributed by atoms with E-state index in [-0.39, 0.29) is 5.41 Å². The standard InChI is InChI=1S/C16H24N2OS/c1-13(2)10-18-12-16(15(18)19)5-7-17(8-6-16)11-14-4-3-9-20-14/h3-4,9,13H,5-8,10-12H2,1-2H3. The van der Waals surface area contributed by atoms with Crippen LogP contribution in [0.15, 0.2) is 17.5 Å². The van der Waals surface area contributed by atoms with Gasteiger partial charge in [-0.25, -0.2) is 0 Å². The van der Waals surface area contributed by atoms with Crippen molar-refractivity contribution in [3.05, 3.63) is 22.4 Å². The molecule has 0 atom stereocenters. The molecule has 1 amide bonds. The molecule has 2 aliphatic heterocycles. The maximum absolute atomic E-state index is 12.4. The van der Waals surface area contributed by atoms with Crippen molar-refractivity contribution in [1.82, 2.24) is 9.80 Å². The smallest absolute Gasteiger partial charge is 0.230 e.